The molecule has 6 heteroatoms. The third-order valence-electron chi connectivity index (χ3n) is 6.27. The number of hydrogen-bond acceptors (Lipinski definition) is 4. The first kappa shape index (κ1) is 20.2. The van der Waals surface area contributed by atoms with Gasteiger partial charge in [0.1, 0.15) is 0 Å². The summed E-state index contributed by atoms with van der Waals surface area (Å²) >= 11 is 0. The van der Waals surface area contributed by atoms with Crippen LogP contribution in [0.25, 0.3) is 0 Å². The van der Waals surface area contributed by atoms with E-state index in [1.165, 1.54) is 37.1 Å². The van der Waals surface area contributed by atoms with Crippen molar-refractivity contribution in [3.63, 3.8) is 0 Å². The van der Waals surface area contributed by atoms with Crippen molar-refractivity contribution >= 4 is 11.6 Å². The zero-order chi connectivity index (χ0) is 19.9. The third kappa shape index (κ3) is 5.73. The first-order valence-corrected chi connectivity index (χ1v) is 11.1. The fourth-order valence-electron chi connectivity index (χ4n) is 4.44. The summed E-state index contributed by atoms with van der Waals surface area (Å²) in [7, 11) is 1.86. The van der Waals surface area contributed by atoms with Crippen LogP contribution in [0.1, 0.15) is 24.8 Å². The summed E-state index contributed by atoms with van der Waals surface area (Å²) in [6.45, 7) is 8.24. The maximum atomic E-state index is 5.51. The van der Waals surface area contributed by atoms with E-state index in [-0.39, 0.29) is 0 Å². The van der Waals surface area contributed by atoms with Crippen LogP contribution < -0.4 is 15.5 Å². The quantitative estimate of drug-likeness (QED) is 0.438. The van der Waals surface area contributed by atoms with Gasteiger partial charge in [-0.1, -0.05) is 24.3 Å². The summed E-state index contributed by atoms with van der Waals surface area (Å²) in [6.07, 6.45) is 8.02. The van der Waals surface area contributed by atoms with Crippen molar-refractivity contribution in [3.8, 4) is 0 Å². The highest BCUT2D eigenvalue weighted by Gasteiger charge is 2.24. The summed E-state index contributed by atoms with van der Waals surface area (Å²) in [5.41, 5.74) is 2.56. The number of nitrogens with one attached hydrogen (secondary N) is 2. The van der Waals surface area contributed by atoms with Crippen molar-refractivity contribution in [1.82, 2.24) is 15.5 Å². The Hall–Kier alpha value is -2.05. The normalized spacial score (nSPS) is 23.7. The number of ether oxygens (including phenoxy) is 1. The van der Waals surface area contributed by atoms with Gasteiger partial charge in [0, 0.05) is 64.7 Å². The molecule has 1 aromatic rings. The number of hydrogen-bond donors (Lipinski definition) is 2. The van der Waals surface area contributed by atoms with Gasteiger partial charge >= 0.3 is 0 Å². The summed E-state index contributed by atoms with van der Waals surface area (Å²) in [5.74, 6) is 1.64. The average molecular weight is 398 g/mol. The maximum Gasteiger partial charge on any atom is 0.191 e. The molecule has 0 spiro atoms. The molecule has 1 atom stereocenters. The lowest BCUT2D eigenvalue weighted by Gasteiger charge is -2.34. The number of piperidine rings is 1. The number of aliphatic imine (C=N–C) groups is 1. The standard InChI is InChI=1S/C23H35N5O/c1-24-23(25-16-19-4-6-22(7-5-19)28-11-2-3-12-28)26-21-8-13-27(14-9-21)17-20-10-15-29-18-20/h2-7,20-21H,8-18H2,1H3,(H2,24,25,26). The minimum Gasteiger partial charge on any atom is -0.381 e. The van der Waals surface area contributed by atoms with Gasteiger partial charge in [-0.05, 0) is 42.9 Å². The molecule has 3 aliphatic rings. The molecule has 0 bridgehead atoms. The summed E-state index contributed by atoms with van der Waals surface area (Å²) in [6, 6.07) is 9.34. The van der Waals surface area contributed by atoms with Crippen LogP contribution in [0.3, 0.4) is 0 Å². The van der Waals surface area contributed by atoms with Gasteiger partial charge < -0.3 is 25.2 Å². The molecule has 0 aromatic heterocycles. The second kappa shape index (κ2) is 10.1. The molecule has 2 saturated heterocycles. The van der Waals surface area contributed by atoms with E-state index in [0.717, 1.165) is 57.8 Å². The smallest absolute Gasteiger partial charge is 0.191 e. The zero-order valence-electron chi connectivity index (χ0n) is 17.6. The van der Waals surface area contributed by atoms with Gasteiger partial charge in [-0.2, -0.15) is 0 Å². The van der Waals surface area contributed by atoms with Crippen molar-refractivity contribution in [2.45, 2.75) is 31.8 Å². The van der Waals surface area contributed by atoms with E-state index in [0.29, 0.717) is 6.04 Å². The maximum absolute atomic E-state index is 5.51. The van der Waals surface area contributed by atoms with Gasteiger partial charge in [0.2, 0.25) is 0 Å². The van der Waals surface area contributed by atoms with Crippen molar-refractivity contribution < 1.29 is 4.74 Å². The van der Waals surface area contributed by atoms with E-state index in [4.69, 9.17) is 4.74 Å². The van der Waals surface area contributed by atoms with Crippen LogP contribution in [0, 0.1) is 5.92 Å². The molecule has 2 fully saturated rings. The predicted molar refractivity (Wildman–Crippen MR) is 120 cm³/mol. The Labute approximate surface area is 175 Å². The molecule has 1 unspecified atom stereocenters. The highest BCUT2D eigenvalue weighted by atomic mass is 16.5. The van der Waals surface area contributed by atoms with Gasteiger partial charge in [0.25, 0.3) is 0 Å². The zero-order valence-corrected chi connectivity index (χ0v) is 17.6. The number of guanidine groups is 1. The Kier molecular flexibility index (Phi) is 7.06. The molecule has 158 valence electrons. The fraction of sp³-hybridized carbons (Fsp3) is 0.609. The van der Waals surface area contributed by atoms with Crippen LogP contribution in [0.2, 0.25) is 0 Å². The van der Waals surface area contributed by atoms with Gasteiger partial charge in [-0.3, -0.25) is 4.99 Å². The highest BCUT2D eigenvalue weighted by Crippen LogP contribution is 2.19. The Morgan fingerprint density at radius 3 is 2.52 bits per heavy atom. The molecular weight excluding hydrogens is 362 g/mol. The monoisotopic (exact) mass is 397 g/mol. The summed E-state index contributed by atoms with van der Waals surface area (Å²) in [4.78, 5) is 9.40. The minimum absolute atomic E-state index is 0.502. The molecule has 4 rings (SSSR count). The molecule has 2 N–H and O–H groups in total. The van der Waals surface area contributed by atoms with Crippen LogP contribution >= 0.6 is 0 Å². The summed E-state index contributed by atoms with van der Waals surface area (Å²) < 4.78 is 5.51. The second-order valence-corrected chi connectivity index (χ2v) is 8.42. The number of benzene rings is 1. The van der Waals surface area contributed by atoms with E-state index in [1.807, 2.05) is 7.05 Å². The first-order valence-electron chi connectivity index (χ1n) is 11.1. The van der Waals surface area contributed by atoms with Crippen LogP contribution in [-0.2, 0) is 11.3 Å². The third-order valence-corrected chi connectivity index (χ3v) is 6.27. The fourth-order valence-corrected chi connectivity index (χ4v) is 4.44. The molecule has 0 radical (unpaired) electrons. The molecule has 0 amide bonds. The topological polar surface area (TPSA) is 52.1 Å². The highest BCUT2D eigenvalue weighted by molar-refractivity contribution is 5.80. The Balaban J connectivity index is 1.18. The lowest BCUT2D eigenvalue weighted by molar-refractivity contribution is 0.150. The van der Waals surface area contributed by atoms with Gasteiger partial charge in [0.15, 0.2) is 5.96 Å². The largest absolute Gasteiger partial charge is 0.381 e. The van der Waals surface area contributed by atoms with Crippen molar-refractivity contribution in [2.75, 3.05) is 57.9 Å². The first-order chi connectivity index (χ1) is 14.3. The molecule has 3 aliphatic heterocycles. The van der Waals surface area contributed by atoms with Gasteiger partial charge in [-0.25, -0.2) is 0 Å². The minimum atomic E-state index is 0.502. The average Bonchev–Trinajstić information content (AvgIpc) is 3.47. The van der Waals surface area contributed by atoms with Crippen molar-refractivity contribution in [2.24, 2.45) is 10.9 Å². The molecule has 1 aromatic carbocycles. The molecule has 6 nitrogen and oxygen atoms in total. The molecule has 0 aliphatic carbocycles. The number of likely N-dealkylation sites (tertiary alicyclic amines) is 1. The molecular formula is C23H35N5O. The van der Waals surface area contributed by atoms with Crippen molar-refractivity contribution in [1.29, 1.82) is 0 Å². The molecule has 3 heterocycles. The Morgan fingerprint density at radius 1 is 1.10 bits per heavy atom. The van der Waals surface area contributed by atoms with E-state index in [1.54, 1.807) is 0 Å². The number of nitrogens with zero attached hydrogens (tertiary/aromatic N) is 3. The van der Waals surface area contributed by atoms with Crippen LogP contribution in [0.15, 0.2) is 41.4 Å². The van der Waals surface area contributed by atoms with Crippen LogP contribution in [0.4, 0.5) is 5.69 Å². The van der Waals surface area contributed by atoms with E-state index >= 15 is 0 Å². The van der Waals surface area contributed by atoms with Crippen molar-refractivity contribution in [3.05, 3.63) is 42.0 Å². The second-order valence-electron chi connectivity index (χ2n) is 8.42. The van der Waals surface area contributed by atoms with E-state index in [2.05, 4.69) is 61.8 Å². The number of rotatable bonds is 6. The Morgan fingerprint density at radius 2 is 1.86 bits per heavy atom. The van der Waals surface area contributed by atoms with Crippen LogP contribution in [0.5, 0.6) is 0 Å². The van der Waals surface area contributed by atoms with Gasteiger partial charge in [0.05, 0.1) is 6.61 Å². The lowest BCUT2D eigenvalue weighted by atomic mass is 10.0. The predicted octanol–water partition coefficient (Wildman–Crippen LogP) is 2.23. The summed E-state index contributed by atoms with van der Waals surface area (Å²) in [5, 5.41) is 7.09. The van der Waals surface area contributed by atoms with Gasteiger partial charge in [-0.15, -0.1) is 0 Å². The molecule has 0 saturated carbocycles. The number of anilines is 1. The lowest BCUT2D eigenvalue weighted by Crippen LogP contribution is -2.49. The molecule has 29 heavy (non-hydrogen) atoms. The SMILES string of the molecule is CN=C(NCc1ccc(N2CC=CC2)cc1)NC1CCN(CC2CCOC2)CC1. The Bertz CT molecular complexity index is 680. The van der Waals surface area contributed by atoms with E-state index in [9.17, 15) is 0 Å². The van der Waals surface area contributed by atoms with E-state index < -0.39 is 0 Å². The van der Waals surface area contributed by atoms with Crippen LogP contribution in [-0.4, -0.2) is 69.9 Å².